The van der Waals surface area contributed by atoms with Crippen LogP contribution in [0.1, 0.15) is 37.4 Å². The molecule has 82 valence electrons. The maximum Gasteiger partial charge on any atom is 0.113 e. The monoisotopic (exact) mass is 205 g/mol. The molecular formula is C12H19N3. The van der Waals surface area contributed by atoms with Crippen molar-refractivity contribution in [1.29, 1.82) is 0 Å². The molecule has 0 aromatic carbocycles. The van der Waals surface area contributed by atoms with E-state index in [4.69, 9.17) is 0 Å². The third kappa shape index (κ3) is 2.07. The Morgan fingerprint density at radius 3 is 3.07 bits per heavy atom. The van der Waals surface area contributed by atoms with Crippen LogP contribution >= 0.6 is 0 Å². The van der Waals surface area contributed by atoms with Crippen LogP contribution in [0.5, 0.6) is 0 Å². The Labute approximate surface area is 90.9 Å². The van der Waals surface area contributed by atoms with Gasteiger partial charge in [-0.05, 0) is 38.1 Å². The maximum absolute atomic E-state index is 4.54. The second-order valence-electron chi connectivity index (χ2n) is 4.92. The lowest BCUT2D eigenvalue weighted by Crippen LogP contribution is -2.30. The Balaban J connectivity index is 1.73. The third-order valence-corrected chi connectivity index (χ3v) is 3.56. The van der Waals surface area contributed by atoms with Gasteiger partial charge in [0, 0.05) is 31.4 Å². The van der Waals surface area contributed by atoms with Gasteiger partial charge in [-0.3, -0.25) is 0 Å². The first-order valence-electron chi connectivity index (χ1n) is 6.15. The fourth-order valence-electron chi connectivity index (χ4n) is 2.49. The minimum absolute atomic E-state index is 0.646. The van der Waals surface area contributed by atoms with Crippen molar-refractivity contribution in [2.75, 3.05) is 13.1 Å². The van der Waals surface area contributed by atoms with Gasteiger partial charge in [0.2, 0.25) is 0 Å². The van der Waals surface area contributed by atoms with Gasteiger partial charge in [-0.1, -0.05) is 0 Å². The molecule has 1 aromatic rings. The van der Waals surface area contributed by atoms with Gasteiger partial charge in [0.15, 0.2) is 0 Å². The van der Waals surface area contributed by atoms with Crippen LogP contribution in [0.25, 0.3) is 0 Å². The second-order valence-corrected chi connectivity index (χ2v) is 4.92. The molecule has 15 heavy (non-hydrogen) atoms. The highest BCUT2D eigenvalue weighted by molar-refractivity contribution is 5.03. The van der Waals surface area contributed by atoms with Crippen molar-refractivity contribution in [1.82, 2.24) is 14.9 Å². The van der Waals surface area contributed by atoms with Crippen LogP contribution in [0, 0.1) is 5.92 Å². The van der Waals surface area contributed by atoms with Gasteiger partial charge in [-0.15, -0.1) is 0 Å². The van der Waals surface area contributed by atoms with E-state index < -0.39 is 0 Å². The molecule has 1 unspecified atom stereocenters. The van der Waals surface area contributed by atoms with E-state index in [9.17, 15) is 0 Å². The summed E-state index contributed by atoms with van der Waals surface area (Å²) < 4.78 is 2.38. The smallest absolute Gasteiger partial charge is 0.113 e. The fraction of sp³-hybridized carbons (Fsp3) is 0.750. The number of aromatic nitrogens is 2. The van der Waals surface area contributed by atoms with Crippen molar-refractivity contribution in [3.8, 4) is 0 Å². The first kappa shape index (κ1) is 9.40. The van der Waals surface area contributed by atoms with Crippen LogP contribution in [0.2, 0.25) is 0 Å². The summed E-state index contributed by atoms with van der Waals surface area (Å²) in [6, 6.07) is 0. The predicted octanol–water partition coefficient (Wildman–Crippen LogP) is 1.76. The van der Waals surface area contributed by atoms with Crippen LogP contribution in [0.15, 0.2) is 12.4 Å². The Morgan fingerprint density at radius 2 is 2.33 bits per heavy atom. The highest BCUT2D eigenvalue weighted by atomic mass is 15.1. The molecule has 0 bridgehead atoms. The van der Waals surface area contributed by atoms with E-state index in [1.807, 2.05) is 6.20 Å². The number of hydrogen-bond donors (Lipinski definition) is 1. The van der Waals surface area contributed by atoms with Gasteiger partial charge in [0.25, 0.3) is 0 Å². The average molecular weight is 205 g/mol. The fourth-order valence-corrected chi connectivity index (χ4v) is 2.49. The van der Waals surface area contributed by atoms with Gasteiger partial charge in [-0.25, -0.2) is 4.98 Å². The molecule has 3 rings (SSSR count). The normalized spacial score (nSPS) is 26.8. The van der Waals surface area contributed by atoms with Crippen molar-refractivity contribution in [3.05, 3.63) is 18.2 Å². The molecule has 3 nitrogen and oxygen atoms in total. The molecular weight excluding hydrogens is 186 g/mol. The minimum atomic E-state index is 0.646. The molecule has 1 N–H and O–H groups in total. The van der Waals surface area contributed by atoms with E-state index in [-0.39, 0.29) is 0 Å². The van der Waals surface area contributed by atoms with Crippen LogP contribution in [-0.2, 0) is 6.54 Å². The Bertz CT molecular complexity index is 321. The molecule has 0 radical (unpaired) electrons. The minimum Gasteiger partial charge on any atom is -0.334 e. The van der Waals surface area contributed by atoms with Crippen LogP contribution in [-0.4, -0.2) is 22.6 Å². The Hall–Kier alpha value is -0.830. The first-order chi connectivity index (χ1) is 7.43. The molecule has 1 aliphatic heterocycles. The summed E-state index contributed by atoms with van der Waals surface area (Å²) in [5, 5.41) is 3.47. The highest BCUT2D eigenvalue weighted by Crippen LogP contribution is 2.32. The van der Waals surface area contributed by atoms with Crippen molar-refractivity contribution >= 4 is 0 Å². The van der Waals surface area contributed by atoms with Gasteiger partial charge in [-0.2, -0.15) is 0 Å². The van der Waals surface area contributed by atoms with Crippen molar-refractivity contribution in [2.24, 2.45) is 5.92 Å². The summed E-state index contributed by atoms with van der Waals surface area (Å²) in [5.74, 6) is 2.90. The summed E-state index contributed by atoms with van der Waals surface area (Å²) >= 11 is 0. The molecule has 1 aromatic heterocycles. The molecule has 1 saturated heterocycles. The average Bonchev–Trinajstić information content (AvgIpc) is 2.96. The number of nitrogens with one attached hydrogen (secondary N) is 1. The first-order valence-corrected chi connectivity index (χ1v) is 6.15. The molecule has 0 spiro atoms. The number of imidazole rings is 1. The zero-order chi connectivity index (χ0) is 10.1. The van der Waals surface area contributed by atoms with E-state index in [1.54, 1.807) is 0 Å². The number of rotatable bonds is 3. The van der Waals surface area contributed by atoms with Gasteiger partial charge in [0.1, 0.15) is 5.82 Å². The molecule has 0 amide bonds. The molecule has 2 fully saturated rings. The van der Waals surface area contributed by atoms with E-state index in [0.29, 0.717) is 5.92 Å². The highest BCUT2D eigenvalue weighted by Gasteiger charge is 2.25. The second kappa shape index (κ2) is 3.97. The van der Waals surface area contributed by atoms with Crippen molar-refractivity contribution in [2.45, 2.75) is 38.1 Å². The predicted molar refractivity (Wildman–Crippen MR) is 59.8 cm³/mol. The SMILES string of the molecule is c1cn(CC2CC2)c(C2CCCNC2)n1. The number of piperidine rings is 1. The van der Waals surface area contributed by atoms with E-state index in [1.165, 1.54) is 44.6 Å². The standard InChI is InChI=1S/C12H19N3/c1-2-11(8-13-5-1)12-14-6-7-15(12)9-10-3-4-10/h6-7,10-11,13H,1-5,8-9H2. The quantitative estimate of drug-likeness (QED) is 0.815. The van der Waals surface area contributed by atoms with E-state index >= 15 is 0 Å². The molecule has 1 aliphatic carbocycles. The van der Waals surface area contributed by atoms with Gasteiger partial charge in [0.05, 0.1) is 0 Å². The van der Waals surface area contributed by atoms with E-state index in [2.05, 4.69) is 21.1 Å². The summed E-state index contributed by atoms with van der Waals surface area (Å²) in [4.78, 5) is 4.54. The summed E-state index contributed by atoms with van der Waals surface area (Å²) in [6.45, 7) is 3.49. The van der Waals surface area contributed by atoms with Crippen LogP contribution in [0.3, 0.4) is 0 Å². The molecule has 2 heterocycles. The zero-order valence-corrected chi connectivity index (χ0v) is 9.15. The topological polar surface area (TPSA) is 29.9 Å². The van der Waals surface area contributed by atoms with Crippen LogP contribution < -0.4 is 5.32 Å². The molecule has 2 aliphatic rings. The third-order valence-electron chi connectivity index (χ3n) is 3.56. The van der Waals surface area contributed by atoms with Crippen molar-refractivity contribution < 1.29 is 0 Å². The summed E-state index contributed by atoms with van der Waals surface area (Å²) in [5.41, 5.74) is 0. The maximum atomic E-state index is 4.54. The molecule has 1 atom stereocenters. The largest absolute Gasteiger partial charge is 0.334 e. The number of hydrogen-bond acceptors (Lipinski definition) is 2. The lowest BCUT2D eigenvalue weighted by atomic mass is 9.99. The Morgan fingerprint density at radius 1 is 1.40 bits per heavy atom. The van der Waals surface area contributed by atoms with Crippen molar-refractivity contribution in [3.63, 3.8) is 0 Å². The van der Waals surface area contributed by atoms with Gasteiger partial charge < -0.3 is 9.88 Å². The number of nitrogens with zero attached hydrogens (tertiary/aromatic N) is 2. The molecule has 3 heteroatoms. The summed E-state index contributed by atoms with van der Waals surface area (Å²) in [7, 11) is 0. The lowest BCUT2D eigenvalue weighted by Gasteiger charge is -2.23. The lowest BCUT2D eigenvalue weighted by molar-refractivity contribution is 0.428. The van der Waals surface area contributed by atoms with Crippen LogP contribution in [0.4, 0.5) is 0 Å². The molecule has 1 saturated carbocycles. The zero-order valence-electron chi connectivity index (χ0n) is 9.15. The summed E-state index contributed by atoms with van der Waals surface area (Å²) in [6.07, 6.45) is 9.55. The Kier molecular flexibility index (Phi) is 2.49. The van der Waals surface area contributed by atoms with Gasteiger partial charge >= 0.3 is 0 Å². The van der Waals surface area contributed by atoms with E-state index in [0.717, 1.165) is 12.5 Å².